The summed E-state index contributed by atoms with van der Waals surface area (Å²) < 4.78 is 41.0. The Morgan fingerprint density at radius 2 is 1.78 bits per heavy atom. The van der Waals surface area contributed by atoms with E-state index in [1.165, 1.54) is 12.1 Å². The van der Waals surface area contributed by atoms with Gasteiger partial charge in [-0.05, 0) is 61.1 Å². The molecule has 1 atom stereocenters. The van der Waals surface area contributed by atoms with E-state index in [-0.39, 0.29) is 17.6 Å². The van der Waals surface area contributed by atoms with Gasteiger partial charge in [0.05, 0.1) is 5.92 Å². The van der Waals surface area contributed by atoms with E-state index < -0.39 is 12.3 Å². The van der Waals surface area contributed by atoms with Crippen molar-refractivity contribution in [1.82, 2.24) is 0 Å². The van der Waals surface area contributed by atoms with Crippen LogP contribution in [0.5, 0.6) is 5.75 Å². The van der Waals surface area contributed by atoms with Crippen molar-refractivity contribution in [3.05, 3.63) is 66.6 Å². The molecule has 1 radical (unpaired) electrons. The summed E-state index contributed by atoms with van der Waals surface area (Å²) in [7, 11) is 0. The van der Waals surface area contributed by atoms with Crippen LogP contribution in [-0.4, -0.2) is 12.3 Å². The Morgan fingerprint density at radius 1 is 1.11 bits per heavy atom. The molecule has 143 valence electrons. The summed E-state index contributed by atoms with van der Waals surface area (Å²) in [6, 6.07) is 12.8. The number of hydrogen-bond acceptors (Lipinski definition) is 2. The van der Waals surface area contributed by atoms with Crippen LogP contribution < -0.4 is 10.1 Å². The summed E-state index contributed by atoms with van der Waals surface area (Å²) in [5, 5.41) is 2.92. The first kappa shape index (κ1) is 19.3. The van der Waals surface area contributed by atoms with Crippen LogP contribution >= 0.6 is 0 Å². The van der Waals surface area contributed by atoms with Gasteiger partial charge in [0.1, 0.15) is 5.75 Å². The number of carbonyl (C=O) groups is 1. The van der Waals surface area contributed by atoms with E-state index in [9.17, 15) is 18.0 Å². The van der Waals surface area contributed by atoms with Crippen LogP contribution in [0.4, 0.5) is 18.9 Å². The van der Waals surface area contributed by atoms with Crippen LogP contribution in [0.3, 0.4) is 0 Å². The van der Waals surface area contributed by atoms with Crippen molar-refractivity contribution in [1.29, 1.82) is 0 Å². The number of benzene rings is 2. The molecule has 1 fully saturated rings. The zero-order valence-corrected chi connectivity index (χ0v) is 14.8. The number of halogens is 3. The SMILES string of the molecule is [CH2]c1cccc(NC(=O)C(c2ccc(OC(F)(F)F)cc2)C2CCCC2)c1. The van der Waals surface area contributed by atoms with Crippen molar-refractivity contribution in [2.75, 3.05) is 5.32 Å². The third-order valence-electron chi connectivity index (χ3n) is 4.82. The van der Waals surface area contributed by atoms with Crippen molar-refractivity contribution in [3.63, 3.8) is 0 Å². The van der Waals surface area contributed by atoms with Gasteiger partial charge >= 0.3 is 6.36 Å². The Morgan fingerprint density at radius 3 is 2.37 bits per heavy atom. The highest BCUT2D eigenvalue weighted by atomic mass is 19.4. The summed E-state index contributed by atoms with van der Waals surface area (Å²) in [6.07, 6.45) is -0.776. The lowest BCUT2D eigenvalue weighted by molar-refractivity contribution is -0.274. The van der Waals surface area contributed by atoms with Crippen molar-refractivity contribution < 1.29 is 22.7 Å². The Labute approximate surface area is 156 Å². The monoisotopic (exact) mass is 376 g/mol. The van der Waals surface area contributed by atoms with Crippen LogP contribution in [0.15, 0.2) is 48.5 Å². The number of ether oxygens (including phenoxy) is 1. The van der Waals surface area contributed by atoms with Gasteiger partial charge in [0, 0.05) is 5.69 Å². The Kier molecular flexibility index (Phi) is 5.73. The fraction of sp³-hybridized carbons (Fsp3) is 0.333. The van der Waals surface area contributed by atoms with E-state index in [1.807, 2.05) is 12.1 Å². The maximum Gasteiger partial charge on any atom is 0.573 e. The summed E-state index contributed by atoms with van der Waals surface area (Å²) in [5.74, 6) is -0.693. The summed E-state index contributed by atoms with van der Waals surface area (Å²) in [4.78, 5) is 13.0. The van der Waals surface area contributed by atoms with Gasteiger partial charge in [0.25, 0.3) is 0 Å². The van der Waals surface area contributed by atoms with Gasteiger partial charge < -0.3 is 10.1 Å². The smallest absolute Gasteiger partial charge is 0.406 e. The molecule has 1 aliphatic rings. The lowest BCUT2D eigenvalue weighted by atomic mass is 9.84. The molecular formula is C21H21F3NO2. The molecule has 0 heterocycles. The molecule has 1 amide bonds. The molecule has 2 aromatic carbocycles. The van der Waals surface area contributed by atoms with Crippen molar-refractivity contribution >= 4 is 11.6 Å². The number of rotatable bonds is 5. The van der Waals surface area contributed by atoms with E-state index >= 15 is 0 Å². The molecule has 0 bridgehead atoms. The summed E-state index contributed by atoms with van der Waals surface area (Å²) >= 11 is 0. The van der Waals surface area contributed by atoms with Gasteiger partial charge in [-0.1, -0.05) is 37.1 Å². The van der Waals surface area contributed by atoms with Crippen molar-refractivity contribution in [2.45, 2.75) is 38.0 Å². The van der Waals surface area contributed by atoms with E-state index in [4.69, 9.17) is 0 Å². The van der Waals surface area contributed by atoms with E-state index in [2.05, 4.69) is 17.0 Å². The van der Waals surface area contributed by atoms with Crippen LogP contribution in [0.1, 0.15) is 42.7 Å². The molecule has 2 aromatic rings. The quantitative estimate of drug-likeness (QED) is 0.729. The minimum Gasteiger partial charge on any atom is -0.406 e. The lowest BCUT2D eigenvalue weighted by Gasteiger charge is -2.23. The molecular weight excluding hydrogens is 355 g/mol. The number of nitrogens with one attached hydrogen (secondary N) is 1. The fourth-order valence-corrected chi connectivity index (χ4v) is 3.67. The molecule has 3 nitrogen and oxygen atoms in total. The molecule has 0 aliphatic heterocycles. The second kappa shape index (κ2) is 8.03. The zero-order chi connectivity index (χ0) is 19.4. The average molecular weight is 376 g/mol. The molecule has 1 N–H and O–H groups in total. The number of anilines is 1. The van der Waals surface area contributed by atoms with Crippen LogP contribution in [0.2, 0.25) is 0 Å². The van der Waals surface area contributed by atoms with E-state index in [0.29, 0.717) is 11.3 Å². The standard InChI is InChI=1S/C21H21F3NO2/c1-14-5-4-8-17(13-14)25-20(26)19(15-6-2-3-7-15)16-9-11-18(12-10-16)27-21(22,23)24/h4-5,8-13,15,19H,1-3,6-7H2,(H,25,26). The van der Waals surface area contributed by atoms with Gasteiger partial charge in [-0.15, -0.1) is 13.2 Å². The lowest BCUT2D eigenvalue weighted by Crippen LogP contribution is -2.26. The molecule has 3 rings (SSSR count). The largest absolute Gasteiger partial charge is 0.573 e. The van der Waals surface area contributed by atoms with Crippen LogP contribution in [0.25, 0.3) is 0 Å². The number of carbonyl (C=O) groups excluding carboxylic acids is 1. The average Bonchev–Trinajstić information content (AvgIpc) is 3.09. The fourth-order valence-electron chi connectivity index (χ4n) is 3.67. The number of amides is 1. The first-order chi connectivity index (χ1) is 12.8. The van der Waals surface area contributed by atoms with Gasteiger partial charge in [0.2, 0.25) is 5.91 Å². The summed E-state index contributed by atoms with van der Waals surface area (Å²) in [5.41, 5.74) is 2.14. The Hall–Kier alpha value is -2.50. The normalized spacial score (nSPS) is 16.1. The van der Waals surface area contributed by atoms with Gasteiger partial charge in [-0.3, -0.25) is 4.79 Å². The predicted molar refractivity (Wildman–Crippen MR) is 97.4 cm³/mol. The Bertz CT molecular complexity index is 781. The third kappa shape index (κ3) is 5.25. The maximum atomic E-state index is 13.0. The molecule has 6 heteroatoms. The number of alkyl halides is 3. The topological polar surface area (TPSA) is 38.3 Å². The van der Waals surface area contributed by atoms with Gasteiger partial charge in [-0.2, -0.15) is 0 Å². The molecule has 1 aliphatic carbocycles. The predicted octanol–water partition coefficient (Wildman–Crippen LogP) is 5.68. The van der Waals surface area contributed by atoms with E-state index in [0.717, 1.165) is 31.2 Å². The minimum absolute atomic E-state index is 0.156. The van der Waals surface area contributed by atoms with Crippen LogP contribution in [-0.2, 0) is 4.79 Å². The highest BCUT2D eigenvalue weighted by molar-refractivity contribution is 5.96. The zero-order valence-electron chi connectivity index (χ0n) is 14.8. The van der Waals surface area contributed by atoms with Crippen LogP contribution in [0, 0.1) is 12.8 Å². The molecule has 1 unspecified atom stereocenters. The Balaban J connectivity index is 1.81. The first-order valence-corrected chi connectivity index (χ1v) is 8.90. The van der Waals surface area contributed by atoms with Gasteiger partial charge in [0.15, 0.2) is 0 Å². The maximum absolute atomic E-state index is 13.0. The number of hydrogen-bond donors (Lipinski definition) is 1. The molecule has 1 saturated carbocycles. The van der Waals surface area contributed by atoms with Crippen molar-refractivity contribution in [2.24, 2.45) is 5.92 Å². The first-order valence-electron chi connectivity index (χ1n) is 8.90. The van der Waals surface area contributed by atoms with E-state index in [1.54, 1.807) is 24.3 Å². The summed E-state index contributed by atoms with van der Waals surface area (Å²) in [6.45, 7) is 3.85. The second-order valence-electron chi connectivity index (χ2n) is 6.83. The van der Waals surface area contributed by atoms with Crippen molar-refractivity contribution in [3.8, 4) is 5.75 Å². The molecule has 0 saturated heterocycles. The molecule has 0 spiro atoms. The highest BCUT2D eigenvalue weighted by Crippen LogP contribution is 2.39. The third-order valence-corrected chi connectivity index (χ3v) is 4.82. The molecule has 0 aromatic heterocycles. The van der Waals surface area contributed by atoms with Gasteiger partial charge in [-0.25, -0.2) is 0 Å². The minimum atomic E-state index is -4.73. The second-order valence-corrected chi connectivity index (χ2v) is 6.83. The highest BCUT2D eigenvalue weighted by Gasteiger charge is 2.33. The molecule has 27 heavy (non-hydrogen) atoms.